The summed E-state index contributed by atoms with van der Waals surface area (Å²) in [6, 6.07) is 6.87. The number of ether oxygens (including phenoxy) is 1. The van der Waals surface area contributed by atoms with Crippen molar-refractivity contribution in [3.8, 4) is 5.75 Å². The highest BCUT2D eigenvalue weighted by Gasteiger charge is 2.13. The van der Waals surface area contributed by atoms with Crippen LogP contribution in [0.4, 0.5) is 0 Å². The Hall–Kier alpha value is -1.48. The lowest BCUT2D eigenvalue weighted by Crippen LogP contribution is -2.36. The third-order valence-electron chi connectivity index (χ3n) is 1.92. The minimum Gasteiger partial charge on any atom is -0.481 e. The van der Waals surface area contributed by atoms with E-state index in [9.17, 15) is 4.79 Å². The molecular formula is C12H14ClNO2. The van der Waals surface area contributed by atoms with Crippen molar-refractivity contribution in [1.29, 1.82) is 0 Å². The molecule has 1 rings (SSSR count). The van der Waals surface area contributed by atoms with E-state index in [-0.39, 0.29) is 5.91 Å². The standard InChI is InChI=1S/C12H14ClNO2/c1-3-8-14-12(15)9(2)16-11-6-4-10(13)5-7-11/h3-7,9H,1,8H2,2H3,(H,14,15)/t9-/m1/s1. The summed E-state index contributed by atoms with van der Waals surface area (Å²) in [5.74, 6) is 0.445. The third kappa shape index (κ3) is 3.95. The van der Waals surface area contributed by atoms with Crippen LogP contribution in [0.25, 0.3) is 0 Å². The van der Waals surface area contributed by atoms with E-state index in [4.69, 9.17) is 16.3 Å². The summed E-state index contributed by atoms with van der Waals surface area (Å²) in [6.45, 7) is 5.64. The molecule has 1 atom stereocenters. The van der Waals surface area contributed by atoms with E-state index in [1.54, 1.807) is 37.3 Å². The molecule has 0 aliphatic rings. The number of rotatable bonds is 5. The lowest BCUT2D eigenvalue weighted by Gasteiger charge is -2.13. The van der Waals surface area contributed by atoms with Crippen molar-refractivity contribution in [3.63, 3.8) is 0 Å². The zero-order valence-corrected chi connectivity index (χ0v) is 9.83. The first-order valence-electron chi connectivity index (χ1n) is 4.94. The number of carbonyl (C=O) groups is 1. The number of carbonyl (C=O) groups excluding carboxylic acids is 1. The lowest BCUT2D eigenvalue weighted by molar-refractivity contribution is -0.127. The molecule has 3 nitrogen and oxygen atoms in total. The second kappa shape index (κ2) is 6.18. The molecule has 4 heteroatoms. The van der Waals surface area contributed by atoms with Gasteiger partial charge in [-0.05, 0) is 31.2 Å². The van der Waals surface area contributed by atoms with Gasteiger partial charge in [-0.1, -0.05) is 17.7 Å². The fraction of sp³-hybridized carbons (Fsp3) is 0.250. The van der Waals surface area contributed by atoms with E-state index < -0.39 is 6.10 Å². The number of hydrogen-bond donors (Lipinski definition) is 1. The first kappa shape index (κ1) is 12.6. The van der Waals surface area contributed by atoms with Gasteiger partial charge in [0.05, 0.1) is 0 Å². The Bertz CT molecular complexity index is 362. The van der Waals surface area contributed by atoms with Gasteiger partial charge in [0, 0.05) is 11.6 Å². The zero-order chi connectivity index (χ0) is 12.0. The van der Waals surface area contributed by atoms with Gasteiger partial charge in [0.25, 0.3) is 5.91 Å². The maximum Gasteiger partial charge on any atom is 0.261 e. The van der Waals surface area contributed by atoms with E-state index in [2.05, 4.69) is 11.9 Å². The van der Waals surface area contributed by atoms with Gasteiger partial charge in [-0.3, -0.25) is 4.79 Å². The van der Waals surface area contributed by atoms with E-state index in [0.717, 1.165) is 0 Å². The predicted molar refractivity (Wildman–Crippen MR) is 64.7 cm³/mol. The summed E-state index contributed by atoms with van der Waals surface area (Å²) < 4.78 is 5.42. The lowest BCUT2D eigenvalue weighted by atomic mass is 10.3. The maximum atomic E-state index is 11.5. The quantitative estimate of drug-likeness (QED) is 0.802. The van der Waals surface area contributed by atoms with Gasteiger partial charge in [0.15, 0.2) is 6.10 Å². The Balaban J connectivity index is 2.50. The molecule has 0 aromatic heterocycles. The molecular weight excluding hydrogens is 226 g/mol. The molecule has 0 aliphatic carbocycles. The van der Waals surface area contributed by atoms with Gasteiger partial charge in [0.2, 0.25) is 0 Å². The molecule has 1 aromatic rings. The molecule has 0 heterocycles. The van der Waals surface area contributed by atoms with Crippen molar-refractivity contribution in [1.82, 2.24) is 5.32 Å². The predicted octanol–water partition coefficient (Wildman–Crippen LogP) is 2.41. The molecule has 0 fully saturated rings. The molecule has 0 saturated carbocycles. The highest BCUT2D eigenvalue weighted by atomic mass is 35.5. The summed E-state index contributed by atoms with van der Waals surface area (Å²) in [5.41, 5.74) is 0. The van der Waals surface area contributed by atoms with Gasteiger partial charge >= 0.3 is 0 Å². The van der Waals surface area contributed by atoms with Crippen LogP contribution in [-0.4, -0.2) is 18.6 Å². The highest BCUT2D eigenvalue weighted by molar-refractivity contribution is 6.30. The molecule has 0 saturated heterocycles. The molecule has 16 heavy (non-hydrogen) atoms. The minimum absolute atomic E-state index is 0.171. The third-order valence-corrected chi connectivity index (χ3v) is 2.17. The maximum absolute atomic E-state index is 11.5. The van der Waals surface area contributed by atoms with Crippen LogP contribution in [0.2, 0.25) is 5.02 Å². The van der Waals surface area contributed by atoms with Crippen LogP contribution in [0.3, 0.4) is 0 Å². The number of nitrogens with one attached hydrogen (secondary N) is 1. The molecule has 0 radical (unpaired) electrons. The van der Waals surface area contributed by atoms with Crippen molar-refractivity contribution in [2.24, 2.45) is 0 Å². The second-order valence-corrected chi connectivity index (χ2v) is 3.68. The Morgan fingerprint density at radius 2 is 2.19 bits per heavy atom. The normalized spacial score (nSPS) is 11.6. The van der Waals surface area contributed by atoms with Gasteiger partial charge in [-0.2, -0.15) is 0 Å². The summed E-state index contributed by atoms with van der Waals surface area (Å²) >= 11 is 5.73. The van der Waals surface area contributed by atoms with Crippen molar-refractivity contribution >= 4 is 17.5 Å². The fourth-order valence-electron chi connectivity index (χ4n) is 1.09. The number of halogens is 1. The van der Waals surface area contributed by atoms with Crippen LogP contribution >= 0.6 is 11.6 Å². The van der Waals surface area contributed by atoms with Crippen LogP contribution in [0, 0.1) is 0 Å². The van der Waals surface area contributed by atoms with Gasteiger partial charge in [0.1, 0.15) is 5.75 Å². The molecule has 1 N–H and O–H groups in total. The molecule has 1 aromatic carbocycles. The van der Waals surface area contributed by atoms with Crippen LogP contribution in [-0.2, 0) is 4.79 Å². The van der Waals surface area contributed by atoms with Gasteiger partial charge in [-0.15, -0.1) is 6.58 Å². The van der Waals surface area contributed by atoms with Crippen molar-refractivity contribution in [3.05, 3.63) is 41.9 Å². The Labute approximate surface area is 100 Å². The first-order chi connectivity index (χ1) is 7.63. The fourth-order valence-corrected chi connectivity index (χ4v) is 1.21. The number of hydrogen-bond acceptors (Lipinski definition) is 2. The topological polar surface area (TPSA) is 38.3 Å². The molecule has 0 aliphatic heterocycles. The van der Waals surface area contributed by atoms with Crippen molar-refractivity contribution < 1.29 is 9.53 Å². The largest absolute Gasteiger partial charge is 0.481 e. The van der Waals surface area contributed by atoms with Crippen LogP contribution in [0.5, 0.6) is 5.75 Å². The van der Waals surface area contributed by atoms with E-state index in [1.807, 2.05) is 0 Å². The Morgan fingerprint density at radius 1 is 1.56 bits per heavy atom. The van der Waals surface area contributed by atoms with E-state index in [1.165, 1.54) is 0 Å². The Morgan fingerprint density at radius 3 is 2.75 bits per heavy atom. The second-order valence-electron chi connectivity index (χ2n) is 3.25. The molecule has 0 bridgehead atoms. The van der Waals surface area contributed by atoms with Crippen LogP contribution in [0.15, 0.2) is 36.9 Å². The average Bonchev–Trinajstić information content (AvgIpc) is 2.29. The van der Waals surface area contributed by atoms with Crippen LogP contribution in [0.1, 0.15) is 6.92 Å². The summed E-state index contributed by atoms with van der Waals surface area (Å²) in [6.07, 6.45) is 1.08. The van der Waals surface area contributed by atoms with Crippen LogP contribution < -0.4 is 10.1 Å². The zero-order valence-electron chi connectivity index (χ0n) is 9.07. The number of amides is 1. The molecule has 86 valence electrons. The Kier molecular flexibility index (Phi) is 4.86. The first-order valence-corrected chi connectivity index (χ1v) is 5.32. The molecule has 0 spiro atoms. The summed E-state index contributed by atoms with van der Waals surface area (Å²) in [5, 5.41) is 3.29. The smallest absolute Gasteiger partial charge is 0.261 e. The highest BCUT2D eigenvalue weighted by Crippen LogP contribution is 2.16. The van der Waals surface area contributed by atoms with Gasteiger partial charge in [-0.25, -0.2) is 0 Å². The van der Waals surface area contributed by atoms with Gasteiger partial charge < -0.3 is 10.1 Å². The van der Waals surface area contributed by atoms with E-state index >= 15 is 0 Å². The minimum atomic E-state index is -0.541. The summed E-state index contributed by atoms with van der Waals surface area (Å²) in [4.78, 5) is 11.5. The summed E-state index contributed by atoms with van der Waals surface area (Å²) in [7, 11) is 0. The number of benzene rings is 1. The molecule has 0 unspecified atom stereocenters. The van der Waals surface area contributed by atoms with Crippen molar-refractivity contribution in [2.75, 3.05) is 6.54 Å². The monoisotopic (exact) mass is 239 g/mol. The molecule has 1 amide bonds. The average molecular weight is 240 g/mol. The van der Waals surface area contributed by atoms with Crippen molar-refractivity contribution in [2.45, 2.75) is 13.0 Å². The van der Waals surface area contributed by atoms with E-state index in [0.29, 0.717) is 17.3 Å². The SMILES string of the molecule is C=CCNC(=O)[C@@H](C)Oc1ccc(Cl)cc1.